The Bertz CT molecular complexity index is 559. The summed E-state index contributed by atoms with van der Waals surface area (Å²) in [4.78, 5) is 14.0. The minimum absolute atomic E-state index is 0.0105. The van der Waals surface area contributed by atoms with Crippen molar-refractivity contribution in [2.45, 2.75) is 45.2 Å². The van der Waals surface area contributed by atoms with Crippen LogP contribution in [0.4, 0.5) is 10.1 Å². The van der Waals surface area contributed by atoms with Crippen LogP contribution in [0.2, 0.25) is 0 Å². The first-order chi connectivity index (χ1) is 10.3. The topological polar surface area (TPSA) is 44.4 Å². The highest BCUT2D eigenvalue weighted by Crippen LogP contribution is 2.22. The smallest absolute Gasteiger partial charge is 0.226 e. The molecule has 120 valence electrons. The molecule has 1 aromatic rings. The molecule has 1 heterocycles. The van der Waals surface area contributed by atoms with E-state index in [1.807, 2.05) is 4.90 Å². The van der Waals surface area contributed by atoms with Gasteiger partial charge in [0.2, 0.25) is 5.91 Å². The normalized spacial score (nSPS) is 20.5. The molecule has 0 saturated carbocycles. The number of amides is 1. The monoisotopic (exact) mass is 323 g/mol. The van der Waals surface area contributed by atoms with Gasteiger partial charge in [0.15, 0.2) is 5.11 Å². The lowest BCUT2D eigenvalue weighted by Crippen LogP contribution is -2.60. The van der Waals surface area contributed by atoms with Crippen LogP contribution in [-0.2, 0) is 4.79 Å². The summed E-state index contributed by atoms with van der Waals surface area (Å²) in [7, 11) is 0. The first-order valence-corrected chi connectivity index (χ1v) is 7.82. The van der Waals surface area contributed by atoms with Crippen molar-refractivity contribution in [2.24, 2.45) is 0 Å². The predicted octanol–water partition coefficient (Wildman–Crippen LogP) is 2.90. The number of benzene rings is 1. The van der Waals surface area contributed by atoms with Crippen LogP contribution in [0.25, 0.3) is 0 Å². The van der Waals surface area contributed by atoms with Gasteiger partial charge < -0.3 is 15.5 Å². The van der Waals surface area contributed by atoms with Crippen molar-refractivity contribution in [2.75, 3.05) is 11.9 Å². The summed E-state index contributed by atoms with van der Waals surface area (Å²) in [5, 5.41) is 6.75. The van der Waals surface area contributed by atoms with Crippen molar-refractivity contribution < 1.29 is 9.18 Å². The van der Waals surface area contributed by atoms with Crippen LogP contribution < -0.4 is 10.6 Å². The number of halogens is 1. The average molecular weight is 323 g/mol. The third-order valence-electron chi connectivity index (χ3n) is 3.75. The SMILES string of the molecule is CC1CC(C)(C)NC(=S)N1CCC(=O)Nc1ccc(F)cc1. The summed E-state index contributed by atoms with van der Waals surface area (Å²) in [6, 6.07) is 6.03. The Balaban J connectivity index is 1.85. The van der Waals surface area contributed by atoms with E-state index in [-0.39, 0.29) is 17.3 Å². The van der Waals surface area contributed by atoms with Crippen molar-refractivity contribution in [3.63, 3.8) is 0 Å². The van der Waals surface area contributed by atoms with Crippen molar-refractivity contribution in [1.82, 2.24) is 10.2 Å². The van der Waals surface area contributed by atoms with E-state index in [0.29, 0.717) is 29.8 Å². The number of hydrogen-bond donors (Lipinski definition) is 2. The van der Waals surface area contributed by atoms with Crippen molar-refractivity contribution in [3.8, 4) is 0 Å². The fourth-order valence-corrected chi connectivity index (χ4v) is 3.31. The Morgan fingerprint density at radius 2 is 2.09 bits per heavy atom. The second-order valence-corrected chi connectivity index (χ2v) is 6.75. The van der Waals surface area contributed by atoms with E-state index in [4.69, 9.17) is 12.2 Å². The van der Waals surface area contributed by atoms with E-state index < -0.39 is 0 Å². The summed E-state index contributed by atoms with van der Waals surface area (Å²) in [6.45, 7) is 6.92. The van der Waals surface area contributed by atoms with Crippen LogP contribution in [0.5, 0.6) is 0 Å². The third kappa shape index (κ3) is 4.40. The van der Waals surface area contributed by atoms with Gasteiger partial charge in [-0.05, 0) is 63.7 Å². The number of thiocarbonyl (C=S) groups is 1. The van der Waals surface area contributed by atoms with Gasteiger partial charge in [0.25, 0.3) is 0 Å². The molecule has 0 aliphatic carbocycles. The zero-order chi connectivity index (χ0) is 16.3. The lowest BCUT2D eigenvalue weighted by atomic mass is 9.93. The zero-order valence-corrected chi connectivity index (χ0v) is 14.0. The number of hydrogen-bond acceptors (Lipinski definition) is 2. The van der Waals surface area contributed by atoms with Crippen molar-refractivity contribution in [1.29, 1.82) is 0 Å². The second kappa shape index (κ2) is 6.60. The van der Waals surface area contributed by atoms with E-state index in [2.05, 4.69) is 31.4 Å². The second-order valence-electron chi connectivity index (χ2n) is 6.37. The predicted molar refractivity (Wildman–Crippen MR) is 90.2 cm³/mol. The molecule has 1 saturated heterocycles. The summed E-state index contributed by atoms with van der Waals surface area (Å²) in [6.07, 6.45) is 1.30. The minimum atomic E-state index is -0.320. The van der Waals surface area contributed by atoms with E-state index in [9.17, 15) is 9.18 Å². The molecule has 4 nitrogen and oxygen atoms in total. The highest BCUT2D eigenvalue weighted by Gasteiger charge is 2.32. The molecule has 1 amide bonds. The Morgan fingerprint density at radius 3 is 2.68 bits per heavy atom. The molecule has 0 aromatic heterocycles. The molecule has 2 N–H and O–H groups in total. The highest BCUT2D eigenvalue weighted by atomic mass is 32.1. The van der Waals surface area contributed by atoms with Gasteiger partial charge in [-0.2, -0.15) is 0 Å². The maximum Gasteiger partial charge on any atom is 0.226 e. The first-order valence-electron chi connectivity index (χ1n) is 7.41. The lowest BCUT2D eigenvalue weighted by molar-refractivity contribution is -0.116. The maximum atomic E-state index is 12.8. The standard InChI is InChI=1S/C16H22FN3OS/c1-11-10-16(2,3)19-15(22)20(11)9-8-14(21)18-13-6-4-12(17)5-7-13/h4-7,11H,8-10H2,1-3H3,(H,18,21)(H,19,22). The van der Waals surface area contributed by atoms with E-state index in [0.717, 1.165) is 6.42 Å². The summed E-state index contributed by atoms with van der Waals surface area (Å²) >= 11 is 5.39. The molecule has 0 bridgehead atoms. The Hall–Kier alpha value is -1.69. The summed E-state index contributed by atoms with van der Waals surface area (Å²) in [5.41, 5.74) is 0.587. The zero-order valence-electron chi connectivity index (χ0n) is 13.1. The molecule has 22 heavy (non-hydrogen) atoms. The molecule has 0 spiro atoms. The highest BCUT2D eigenvalue weighted by molar-refractivity contribution is 7.80. The average Bonchev–Trinajstić information content (AvgIpc) is 2.39. The minimum Gasteiger partial charge on any atom is -0.358 e. The molecule has 1 aromatic carbocycles. The molecular weight excluding hydrogens is 301 g/mol. The van der Waals surface area contributed by atoms with Gasteiger partial charge in [-0.25, -0.2) is 4.39 Å². The largest absolute Gasteiger partial charge is 0.358 e. The molecular formula is C16H22FN3OS. The summed E-state index contributed by atoms with van der Waals surface area (Å²) in [5.74, 6) is -0.425. The number of anilines is 1. The third-order valence-corrected chi connectivity index (χ3v) is 4.09. The van der Waals surface area contributed by atoms with Crippen LogP contribution in [0.15, 0.2) is 24.3 Å². The quantitative estimate of drug-likeness (QED) is 0.836. The van der Waals surface area contributed by atoms with E-state index in [1.54, 1.807) is 12.1 Å². The van der Waals surface area contributed by atoms with Crippen LogP contribution >= 0.6 is 12.2 Å². The molecule has 1 unspecified atom stereocenters. The van der Waals surface area contributed by atoms with Crippen molar-refractivity contribution in [3.05, 3.63) is 30.1 Å². The van der Waals surface area contributed by atoms with Gasteiger partial charge in [-0.1, -0.05) is 0 Å². The van der Waals surface area contributed by atoms with Crippen LogP contribution in [-0.4, -0.2) is 34.0 Å². The molecule has 1 aliphatic rings. The van der Waals surface area contributed by atoms with Crippen LogP contribution in [0.3, 0.4) is 0 Å². The van der Waals surface area contributed by atoms with Gasteiger partial charge in [0.1, 0.15) is 5.82 Å². The fraction of sp³-hybridized carbons (Fsp3) is 0.500. The molecule has 1 atom stereocenters. The van der Waals surface area contributed by atoms with Crippen molar-refractivity contribution >= 4 is 28.9 Å². The Kier molecular flexibility index (Phi) is 5.01. The van der Waals surface area contributed by atoms with Crippen LogP contribution in [0.1, 0.15) is 33.6 Å². The molecule has 2 rings (SSSR count). The van der Waals surface area contributed by atoms with Gasteiger partial charge in [-0.3, -0.25) is 4.79 Å². The number of nitrogens with one attached hydrogen (secondary N) is 2. The summed E-state index contributed by atoms with van der Waals surface area (Å²) < 4.78 is 12.8. The molecule has 0 radical (unpaired) electrons. The molecule has 1 fully saturated rings. The molecule has 1 aliphatic heterocycles. The number of carbonyl (C=O) groups is 1. The Morgan fingerprint density at radius 1 is 1.45 bits per heavy atom. The number of nitrogens with zero attached hydrogens (tertiary/aromatic N) is 1. The van der Waals surface area contributed by atoms with Gasteiger partial charge in [0, 0.05) is 30.2 Å². The van der Waals surface area contributed by atoms with Gasteiger partial charge in [0.05, 0.1) is 0 Å². The first kappa shape index (κ1) is 16.7. The van der Waals surface area contributed by atoms with E-state index in [1.165, 1.54) is 12.1 Å². The number of carbonyl (C=O) groups excluding carboxylic acids is 1. The maximum absolute atomic E-state index is 12.8. The van der Waals surface area contributed by atoms with Crippen LogP contribution in [0, 0.1) is 5.82 Å². The molecule has 6 heteroatoms. The Labute approximate surface area is 136 Å². The van der Waals surface area contributed by atoms with E-state index >= 15 is 0 Å². The van der Waals surface area contributed by atoms with Gasteiger partial charge >= 0.3 is 0 Å². The fourth-order valence-electron chi connectivity index (χ4n) is 2.76. The lowest BCUT2D eigenvalue weighted by Gasteiger charge is -2.44. The number of rotatable bonds is 4. The van der Waals surface area contributed by atoms with Gasteiger partial charge in [-0.15, -0.1) is 0 Å².